The highest BCUT2D eigenvalue weighted by Crippen LogP contribution is 2.19. The van der Waals surface area contributed by atoms with Crippen molar-refractivity contribution >= 4 is 18.3 Å². The fourth-order valence-corrected chi connectivity index (χ4v) is 1.67. The molecule has 1 aromatic carbocycles. The third-order valence-corrected chi connectivity index (χ3v) is 2.62. The predicted molar refractivity (Wildman–Crippen MR) is 75.6 cm³/mol. The molecule has 0 spiro atoms. The molecular weight excluding hydrogens is 283 g/mol. The van der Waals surface area contributed by atoms with Gasteiger partial charge in [-0.25, -0.2) is 4.39 Å². The van der Waals surface area contributed by atoms with E-state index in [1.165, 1.54) is 37.7 Å². The molecule has 0 bridgehead atoms. The number of hydrogen-bond donors (Lipinski definition) is 1. The van der Waals surface area contributed by atoms with Crippen LogP contribution in [0.2, 0.25) is 0 Å². The van der Waals surface area contributed by atoms with E-state index in [9.17, 15) is 9.18 Å². The van der Waals surface area contributed by atoms with Gasteiger partial charge in [-0.2, -0.15) is 0 Å². The average molecular weight is 297 g/mol. The molecule has 1 heterocycles. The Morgan fingerprint density at radius 3 is 2.65 bits per heavy atom. The molecule has 0 atom stereocenters. The fourth-order valence-electron chi connectivity index (χ4n) is 1.67. The number of aromatic nitrogens is 1. The summed E-state index contributed by atoms with van der Waals surface area (Å²) in [5, 5.41) is 2.70. The number of benzene rings is 1. The molecule has 4 nitrogen and oxygen atoms in total. The van der Waals surface area contributed by atoms with E-state index in [1.54, 1.807) is 12.1 Å². The van der Waals surface area contributed by atoms with Crippen LogP contribution in [0, 0.1) is 5.82 Å². The monoisotopic (exact) mass is 296 g/mol. The summed E-state index contributed by atoms with van der Waals surface area (Å²) >= 11 is 0. The number of halogens is 2. The van der Waals surface area contributed by atoms with Gasteiger partial charge in [-0.05, 0) is 30.3 Å². The zero-order valence-corrected chi connectivity index (χ0v) is 11.6. The summed E-state index contributed by atoms with van der Waals surface area (Å²) < 4.78 is 18.3. The molecule has 0 aliphatic heterocycles. The van der Waals surface area contributed by atoms with E-state index >= 15 is 0 Å². The normalized spacial score (nSPS) is 9.50. The van der Waals surface area contributed by atoms with Crippen LogP contribution in [0.3, 0.4) is 0 Å². The predicted octanol–water partition coefficient (Wildman–Crippen LogP) is 2.58. The number of ether oxygens (including phenoxy) is 1. The number of rotatable bonds is 4. The highest BCUT2D eigenvalue weighted by molar-refractivity contribution is 5.93. The molecule has 1 amide bonds. The van der Waals surface area contributed by atoms with Crippen LogP contribution in [-0.2, 0) is 6.54 Å². The molecule has 0 fully saturated rings. The van der Waals surface area contributed by atoms with Crippen LogP contribution in [0.15, 0.2) is 42.7 Å². The van der Waals surface area contributed by atoms with Crippen molar-refractivity contribution in [1.82, 2.24) is 10.3 Å². The van der Waals surface area contributed by atoms with E-state index in [0.717, 1.165) is 0 Å². The quantitative estimate of drug-likeness (QED) is 0.943. The molecule has 1 aromatic heterocycles. The van der Waals surface area contributed by atoms with Crippen LogP contribution in [0.5, 0.6) is 5.75 Å². The number of pyridine rings is 1. The number of amides is 1. The fraction of sp³-hybridized carbons (Fsp3) is 0.143. The van der Waals surface area contributed by atoms with Gasteiger partial charge in [-0.15, -0.1) is 12.4 Å². The molecule has 0 saturated heterocycles. The Morgan fingerprint density at radius 1 is 1.30 bits per heavy atom. The molecule has 106 valence electrons. The molecule has 0 aliphatic carbocycles. The maximum atomic E-state index is 13.2. The summed E-state index contributed by atoms with van der Waals surface area (Å²) in [5.74, 6) is -0.0703. The van der Waals surface area contributed by atoms with Crippen molar-refractivity contribution in [2.24, 2.45) is 0 Å². The van der Waals surface area contributed by atoms with Crippen LogP contribution in [0.1, 0.15) is 15.9 Å². The average Bonchev–Trinajstić information content (AvgIpc) is 2.46. The lowest BCUT2D eigenvalue weighted by Gasteiger charge is -2.09. The first-order valence-electron chi connectivity index (χ1n) is 5.71. The van der Waals surface area contributed by atoms with Gasteiger partial charge in [0, 0.05) is 30.1 Å². The standard InChI is InChI=1S/C14H13FN2O2.ClH/c1-19-13-3-2-12(15)8-11(13)9-17-14(18)10-4-6-16-7-5-10;/h2-8H,9H2,1H3,(H,17,18);1H. The zero-order valence-electron chi connectivity index (χ0n) is 10.8. The third-order valence-electron chi connectivity index (χ3n) is 2.62. The molecule has 6 heteroatoms. The van der Waals surface area contributed by atoms with Crippen LogP contribution >= 0.6 is 12.4 Å². The summed E-state index contributed by atoms with van der Waals surface area (Å²) in [6, 6.07) is 7.40. The number of nitrogens with zero attached hydrogens (tertiary/aromatic N) is 1. The van der Waals surface area contributed by atoms with Crippen molar-refractivity contribution in [3.05, 3.63) is 59.7 Å². The van der Waals surface area contributed by atoms with E-state index in [4.69, 9.17) is 4.74 Å². The minimum Gasteiger partial charge on any atom is -0.496 e. The Hall–Kier alpha value is -2.14. The van der Waals surface area contributed by atoms with Crippen LogP contribution in [0.4, 0.5) is 4.39 Å². The maximum absolute atomic E-state index is 13.2. The first-order chi connectivity index (χ1) is 9.20. The lowest BCUT2D eigenvalue weighted by molar-refractivity contribution is 0.0950. The Kier molecular flexibility index (Phi) is 5.93. The number of carbonyl (C=O) groups is 1. The molecule has 1 N–H and O–H groups in total. The van der Waals surface area contributed by atoms with Gasteiger partial charge in [-0.3, -0.25) is 9.78 Å². The Morgan fingerprint density at radius 2 is 2.00 bits per heavy atom. The minimum absolute atomic E-state index is 0. The van der Waals surface area contributed by atoms with Crippen molar-refractivity contribution in [3.63, 3.8) is 0 Å². The Bertz CT molecular complexity index is 579. The van der Waals surface area contributed by atoms with Gasteiger partial charge in [0.2, 0.25) is 0 Å². The Labute approximate surface area is 122 Å². The molecule has 0 aliphatic rings. The van der Waals surface area contributed by atoms with Gasteiger partial charge in [0.1, 0.15) is 11.6 Å². The second kappa shape index (κ2) is 7.45. The summed E-state index contributed by atoms with van der Waals surface area (Å²) in [6.45, 7) is 0.197. The largest absolute Gasteiger partial charge is 0.496 e. The minimum atomic E-state index is -0.367. The lowest BCUT2D eigenvalue weighted by Crippen LogP contribution is -2.23. The summed E-state index contributed by atoms with van der Waals surface area (Å²) in [7, 11) is 1.50. The SMILES string of the molecule is COc1ccc(F)cc1CNC(=O)c1ccncc1.Cl. The van der Waals surface area contributed by atoms with Crippen molar-refractivity contribution in [3.8, 4) is 5.75 Å². The van der Waals surface area contributed by atoms with Gasteiger partial charge in [-0.1, -0.05) is 0 Å². The topological polar surface area (TPSA) is 51.2 Å². The molecule has 0 unspecified atom stereocenters. The van der Waals surface area contributed by atoms with Crippen molar-refractivity contribution < 1.29 is 13.9 Å². The first kappa shape index (κ1) is 15.9. The highest BCUT2D eigenvalue weighted by Gasteiger charge is 2.08. The second-order valence-corrected chi connectivity index (χ2v) is 3.87. The number of hydrogen-bond acceptors (Lipinski definition) is 3. The van der Waals surface area contributed by atoms with E-state index in [2.05, 4.69) is 10.3 Å². The van der Waals surface area contributed by atoms with Crippen LogP contribution < -0.4 is 10.1 Å². The number of carbonyl (C=O) groups excluding carboxylic acids is 1. The van der Waals surface area contributed by atoms with Gasteiger partial charge in [0.25, 0.3) is 5.91 Å². The molecule has 0 radical (unpaired) electrons. The van der Waals surface area contributed by atoms with Crippen molar-refractivity contribution in [2.45, 2.75) is 6.54 Å². The molecular formula is C14H14ClFN2O2. The zero-order chi connectivity index (χ0) is 13.7. The van der Waals surface area contributed by atoms with E-state index < -0.39 is 0 Å². The van der Waals surface area contributed by atoms with Crippen molar-refractivity contribution in [2.75, 3.05) is 7.11 Å². The van der Waals surface area contributed by atoms with Gasteiger partial charge in [0.15, 0.2) is 0 Å². The molecule has 20 heavy (non-hydrogen) atoms. The van der Waals surface area contributed by atoms with Crippen molar-refractivity contribution in [1.29, 1.82) is 0 Å². The Balaban J connectivity index is 0.00000200. The van der Waals surface area contributed by atoms with E-state index in [0.29, 0.717) is 16.9 Å². The highest BCUT2D eigenvalue weighted by atomic mass is 35.5. The maximum Gasteiger partial charge on any atom is 0.251 e. The van der Waals surface area contributed by atoms with E-state index in [1.807, 2.05) is 0 Å². The summed E-state index contributed by atoms with van der Waals surface area (Å²) in [4.78, 5) is 15.7. The van der Waals surface area contributed by atoms with Crippen LogP contribution in [-0.4, -0.2) is 18.0 Å². The number of methoxy groups -OCH3 is 1. The second-order valence-electron chi connectivity index (χ2n) is 3.87. The molecule has 2 aromatic rings. The van der Waals surface area contributed by atoms with Crippen LogP contribution in [0.25, 0.3) is 0 Å². The number of nitrogens with one attached hydrogen (secondary N) is 1. The third kappa shape index (κ3) is 3.93. The van der Waals surface area contributed by atoms with Gasteiger partial charge in [0.05, 0.1) is 7.11 Å². The lowest BCUT2D eigenvalue weighted by atomic mass is 10.2. The summed E-state index contributed by atoms with van der Waals surface area (Å²) in [6.07, 6.45) is 3.08. The summed E-state index contributed by atoms with van der Waals surface area (Å²) in [5.41, 5.74) is 1.09. The smallest absolute Gasteiger partial charge is 0.251 e. The molecule has 0 saturated carbocycles. The molecule has 2 rings (SSSR count). The van der Waals surface area contributed by atoms with Gasteiger partial charge < -0.3 is 10.1 Å². The van der Waals surface area contributed by atoms with Gasteiger partial charge >= 0.3 is 0 Å². The first-order valence-corrected chi connectivity index (χ1v) is 5.71. The van der Waals surface area contributed by atoms with E-state index in [-0.39, 0.29) is 30.7 Å².